The summed E-state index contributed by atoms with van der Waals surface area (Å²) in [5.41, 5.74) is 6.56. The predicted molar refractivity (Wildman–Crippen MR) is 78.3 cm³/mol. The fourth-order valence-electron chi connectivity index (χ4n) is 2.21. The molecule has 0 aliphatic heterocycles. The number of hydrogen-bond donors (Lipinski definition) is 3. The Morgan fingerprint density at radius 3 is 2.47 bits per heavy atom. The zero-order chi connectivity index (χ0) is 14.6. The first kappa shape index (κ1) is 15.8. The molecule has 4 nitrogen and oxygen atoms in total. The van der Waals surface area contributed by atoms with Gasteiger partial charge in [0.1, 0.15) is 11.5 Å². The molecule has 0 saturated carbocycles. The van der Waals surface area contributed by atoms with E-state index in [1.54, 1.807) is 6.07 Å². The fourth-order valence-corrected chi connectivity index (χ4v) is 2.21. The topological polar surface area (TPSA) is 69.7 Å². The van der Waals surface area contributed by atoms with Crippen LogP contribution in [0, 0.1) is 5.41 Å². The SMILES string of the molecule is CCN(CC(C)(C)CN)C(C)c1cc(O)ccc1O. The Bertz CT molecular complexity index is 419. The van der Waals surface area contributed by atoms with Crippen molar-refractivity contribution in [1.82, 2.24) is 4.90 Å². The van der Waals surface area contributed by atoms with Crippen LogP contribution in [-0.2, 0) is 0 Å². The van der Waals surface area contributed by atoms with Crippen LogP contribution in [-0.4, -0.2) is 34.7 Å². The van der Waals surface area contributed by atoms with Crippen LogP contribution < -0.4 is 5.73 Å². The summed E-state index contributed by atoms with van der Waals surface area (Å²) >= 11 is 0. The van der Waals surface area contributed by atoms with E-state index >= 15 is 0 Å². The van der Waals surface area contributed by atoms with Crippen LogP contribution in [0.15, 0.2) is 18.2 Å². The number of nitrogens with zero attached hydrogens (tertiary/aromatic N) is 1. The number of benzene rings is 1. The number of rotatable bonds is 6. The molecule has 0 bridgehead atoms. The molecule has 108 valence electrons. The Hall–Kier alpha value is -1.26. The molecule has 0 spiro atoms. The Labute approximate surface area is 115 Å². The van der Waals surface area contributed by atoms with E-state index < -0.39 is 0 Å². The molecule has 4 heteroatoms. The van der Waals surface area contributed by atoms with Crippen LogP contribution in [0.5, 0.6) is 11.5 Å². The third-order valence-corrected chi connectivity index (χ3v) is 3.60. The molecule has 4 N–H and O–H groups in total. The minimum absolute atomic E-state index is 0.0245. The van der Waals surface area contributed by atoms with Gasteiger partial charge in [0.15, 0.2) is 0 Å². The van der Waals surface area contributed by atoms with Gasteiger partial charge in [0.05, 0.1) is 0 Å². The lowest BCUT2D eigenvalue weighted by molar-refractivity contribution is 0.146. The molecule has 0 aliphatic rings. The van der Waals surface area contributed by atoms with Crippen molar-refractivity contribution in [2.45, 2.75) is 33.7 Å². The number of aromatic hydroxyl groups is 2. The van der Waals surface area contributed by atoms with Crippen molar-refractivity contribution in [3.8, 4) is 11.5 Å². The zero-order valence-electron chi connectivity index (χ0n) is 12.3. The first-order valence-electron chi connectivity index (χ1n) is 6.76. The van der Waals surface area contributed by atoms with Crippen molar-refractivity contribution in [3.05, 3.63) is 23.8 Å². The largest absolute Gasteiger partial charge is 0.508 e. The molecular weight excluding hydrogens is 240 g/mol. The van der Waals surface area contributed by atoms with E-state index in [0.29, 0.717) is 6.54 Å². The molecule has 19 heavy (non-hydrogen) atoms. The molecule has 1 aromatic rings. The normalized spacial score (nSPS) is 13.8. The standard InChI is InChI=1S/C15H26N2O2/c1-5-17(10-15(3,4)9-16)11(2)13-8-12(18)6-7-14(13)19/h6-8,11,18-19H,5,9-10,16H2,1-4H3. The van der Waals surface area contributed by atoms with Gasteiger partial charge in [0.25, 0.3) is 0 Å². The van der Waals surface area contributed by atoms with E-state index in [1.165, 1.54) is 12.1 Å². The summed E-state index contributed by atoms with van der Waals surface area (Å²) in [7, 11) is 0. The average molecular weight is 266 g/mol. The minimum Gasteiger partial charge on any atom is -0.508 e. The van der Waals surface area contributed by atoms with Crippen LogP contribution in [0.1, 0.15) is 39.3 Å². The Morgan fingerprint density at radius 2 is 1.95 bits per heavy atom. The molecule has 0 heterocycles. The number of phenols is 2. The zero-order valence-corrected chi connectivity index (χ0v) is 12.3. The maximum atomic E-state index is 9.94. The van der Waals surface area contributed by atoms with E-state index in [0.717, 1.165) is 18.7 Å². The summed E-state index contributed by atoms with van der Waals surface area (Å²) in [6.07, 6.45) is 0. The second kappa shape index (κ2) is 6.26. The van der Waals surface area contributed by atoms with Crippen LogP contribution in [0.3, 0.4) is 0 Å². The molecular formula is C15H26N2O2. The molecule has 0 aliphatic carbocycles. The smallest absolute Gasteiger partial charge is 0.120 e. The van der Waals surface area contributed by atoms with Gasteiger partial charge in [-0.05, 0) is 43.6 Å². The van der Waals surface area contributed by atoms with Crippen molar-refractivity contribution in [1.29, 1.82) is 0 Å². The quantitative estimate of drug-likeness (QED) is 0.692. The van der Waals surface area contributed by atoms with Crippen molar-refractivity contribution in [2.75, 3.05) is 19.6 Å². The summed E-state index contributed by atoms with van der Waals surface area (Å²) in [6.45, 7) is 10.7. The van der Waals surface area contributed by atoms with E-state index in [1.807, 2.05) is 6.92 Å². The van der Waals surface area contributed by atoms with E-state index in [9.17, 15) is 10.2 Å². The highest BCUT2D eigenvalue weighted by Crippen LogP contribution is 2.32. The lowest BCUT2D eigenvalue weighted by Gasteiger charge is -2.35. The maximum absolute atomic E-state index is 9.94. The van der Waals surface area contributed by atoms with Crippen molar-refractivity contribution < 1.29 is 10.2 Å². The van der Waals surface area contributed by atoms with Gasteiger partial charge in [0.2, 0.25) is 0 Å². The van der Waals surface area contributed by atoms with Gasteiger partial charge >= 0.3 is 0 Å². The summed E-state index contributed by atoms with van der Waals surface area (Å²) in [5, 5.41) is 19.5. The second-order valence-corrected chi connectivity index (χ2v) is 5.85. The minimum atomic E-state index is 0.0245. The van der Waals surface area contributed by atoms with E-state index in [2.05, 4.69) is 25.7 Å². The fraction of sp³-hybridized carbons (Fsp3) is 0.600. The van der Waals surface area contributed by atoms with Gasteiger partial charge in [-0.25, -0.2) is 0 Å². The van der Waals surface area contributed by atoms with Crippen molar-refractivity contribution in [2.24, 2.45) is 11.1 Å². The highest BCUT2D eigenvalue weighted by molar-refractivity contribution is 5.40. The molecule has 0 saturated heterocycles. The van der Waals surface area contributed by atoms with Gasteiger partial charge in [-0.2, -0.15) is 0 Å². The Morgan fingerprint density at radius 1 is 1.32 bits per heavy atom. The molecule has 0 aromatic heterocycles. The highest BCUT2D eigenvalue weighted by Gasteiger charge is 2.24. The van der Waals surface area contributed by atoms with E-state index in [-0.39, 0.29) is 23.0 Å². The monoisotopic (exact) mass is 266 g/mol. The molecule has 1 rings (SSSR count). The Balaban J connectivity index is 2.95. The summed E-state index contributed by atoms with van der Waals surface area (Å²) in [4.78, 5) is 2.25. The summed E-state index contributed by atoms with van der Waals surface area (Å²) in [5.74, 6) is 0.392. The molecule has 0 fully saturated rings. The van der Waals surface area contributed by atoms with Crippen LogP contribution in [0.4, 0.5) is 0 Å². The lowest BCUT2D eigenvalue weighted by Crippen LogP contribution is -2.40. The third kappa shape index (κ3) is 4.11. The van der Waals surface area contributed by atoms with Gasteiger partial charge in [-0.15, -0.1) is 0 Å². The highest BCUT2D eigenvalue weighted by atomic mass is 16.3. The molecule has 1 unspecified atom stereocenters. The van der Waals surface area contributed by atoms with Crippen LogP contribution in [0.25, 0.3) is 0 Å². The van der Waals surface area contributed by atoms with Gasteiger partial charge < -0.3 is 15.9 Å². The van der Waals surface area contributed by atoms with E-state index in [4.69, 9.17) is 5.73 Å². The summed E-state index contributed by atoms with van der Waals surface area (Å²) in [6, 6.07) is 4.68. The first-order chi connectivity index (χ1) is 8.80. The number of hydrogen-bond acceptors (Lipinski definition) is 4. The number of nitrogens with two attached hydrogens (primary N) is 1. The third-order valence-electron chi connectivity index (χ3n) is 3.60. The predicted octanol–water partition coefficient (Wildman–Crippen LogP) is 2.47. The Kier molecular flexibility index (Phi) is 5.20. The van der Waals surface area contributed by atoms with Crippen molar-refractivity contribution in [3.63, 3.8) is 0 Å². The van der Waals surface area contributed by atoms with Gasteiger partial charge in [-0.3, -0.25) is 4.90 Å². The van der Waals surface area contributed by atoms with Crippen LogP contribution in [0.2, 0.25) is 0 Å². The lowest BCUT2D eigenvalue weighted by atomic mass is 9.91. The van der Waals surface area contributed by atoms with Gasteiger partial charge in [0, 0.05) is 18.2 Å². The van der Waals surface area contributed by atoms with Gasteiger partial charge in [-0.1, -0.05) is 20.8 Å². The number of phenolic OH excluding ortho intramolecular Hbond substituents is 2. The summed E-state index contributed by atoms with van der Waals surface area (Å²) < 4.78 is 0. The first-order valence-corrected chi connectivity index (χ1v) is 6.76. The van der Waals surface area contributed by atoms with Crippen LogP contribution >= 0.6 is 0 Å². The molecule has 0 radical (unpaired) electrons. The average Bonchev–Trinajstić information content (AvgIpc) is 2.38. The molecule has 1 aromatic carbocycles. The molecule has 0 amide bonds. The maximum Gasteiger partial charge on any atom is 0.120 e. The van der Waals surface area contributed by atoms with Crippen molar-refractivity contribution >= 4 is 0 Å². The molecule has 1 atom stereocenters. The second-order valence-electron chi connectivity index (χ2n) is 5.85.